The molecule has 1 heterocycles. The monoisotopic (exact) mass is 688 g/mol. The van der Waals surface area contributed by atoms with Crippen molar-refractivity contribution in [3.05, 3.63) is 125 Å². The molecule has 1 saturated heterocycles. The van der Waals surface area contributed by atoms with E-state index < -0.39 is 0 Å². The average molecular weight is 689 g/mol. The molecule has 1 aliphatic rings. The Morgan fingerprint density at radius 3 is 1.80 bits per heavy atom. The topological polar surface area (TPSA) is 107 Å². The Kier molecular flexibility index (Phi) is 23.4. The summed E-state index contributed by atoms with van der Waals surface area (Å²) >= 11 is 0. The van der Waals surface area contributed by atoms with Crippen LogP contribution >= 0.6 is 0 Å². The first-order chi connectivity index (χ1) is 23.8. The van der Waals surface area contributed by atoms with Gasteiger partial charge in [0.15, 0.2) is 6.29 Å². The molecule has 7 nitrogen and oxygen atoms in total. The van der Waals surface area contributed by atoms with E-state index in [1.54, 1.807) is 19.2 Å². The van der Waals surface area contributed by atoms with E-state index >= 15 is 0 Å². The molecule has 1 fully saturated rings. The molecule has 4 aromatic carbocycles. The number of aliphatic hydroxyl groups is 1. The van der Waals surface area contributed by atoms with Gasteiger partial charge in [0.2, 0.25) is 0 Å². The number of rotatable bonds is 10. The molecule has 5 rings (SSSR count). The predicted molar refractivity (Wildman–Crippen MR) is 211 cm³/mol. The SMILES string of the molecule is C.CC.CC.CCc1cccc(COc2ccc(C(=N)N)cc2)c1.CO.COc1ccc(C(C)(C)c2ccc(OC3CCCCO3)cc2)cc1. The van der Waals surface area contributed by atoms with Gasteiger partial charge in [0.25, 0.3) is 0 Å². The fourth-order valence-electron chi connectivity index (χ4n) is 4.92. The second-order valence-electron chi connectivity index (χ2n) is 11.2. The maximum absolute atomic E-state index is 7.32. The van der Waals surface area contributed by atoms with Gasteiger partial charge in [-0.05, 0) is 90.0 Å². The van der Waals surface area contributed by atoms with E-state index in [4.69, 9.17) is 35.2 Å². The summed E-state index contributed by atoms with van der Waals surface area (Å²) in [6, 6.07) is 32.3. The lowest BCUT2D eigenvalue weighted by Gasteiger charge is -2.27. The fourth-order valence-corrected chi connectivity index (χ4v) is 4.92. The number of aliphatic hydroxyl groups excluding tert-OH is 1. The van der Waals surface area contributed by atoms with Gasteiger partial charge in [-0.15, -0.1) is 0 Å². The molecule has 0 amide bonds. The molecule has 0 bridgehead atoms. The summed E-state index contributed by atoms with van der Waals surface area (Å²) in [6.45, 7) is 15.9. The average Bonchev–Trinajstić information content (AvgIpc) is 3.17. The minimum atomic E-state index is -0.0980. The van der Waals surface area contributed by atoms with Crippen molar-refractivity contribution >= 4 is 5.84 Å². The van der Waals surface area contributed by atoms with Gasteiger partial charge < -0.3 is 29.8 Å². The van der Waals surface area contributed by atoms with Crippen molar-refractivity contribution in [2.24, 2.45) is 5.73 Å². The highest BCUT2D eigenvalue weighted by molar-refractivity contribution is 5.94. The van der Waals surface area contributed by atoms with Gasteiger partial charge in [-0.1, -0.05) is 104 Å². The quantitative estimate of drug-likeness (QED) is 0.113. The predicted octanol–water partition coefficient (Wildman–Crippen LogP) is 10.3. The lowest BCUT2D eigenvalue weighted by Crippen LogP contribution is -2.25. The number of amidine groups is 1. The first-order valence-corrected chi connectivity index (χ1v) is 17.4. The number of nitrogens with one attached hydrogen (secondary N) is 1. The normalized spacial score (nSPS) is 13.0. The largest absolute Gasteiger partial charge is 0.497 e. The third-order valence-corrected chi connectivity index (χ3v) is 7.76. The summed E-state index contributed by atoms with van der Waals surface area (Å²) in [7, 11) is 2.69. The summed E-state index contributed by atoms with van der Waals surface area (Å²) in [5.41, 5.74) is 11.0. The van der Waals surface area contributed by atoms with E-state index in [2.05, 4.69) is 69.3 Å². The summed E-state index contributed by atoms with van der Waals surface area (Å²) in [5, 5.41) is 14.3. The molecule has 0 radical (unpaired) electrons. The highest BCUT2D eigenvalue weighted by Gasteiger charge is 2.23. The van der Waals surface area contributed by atoms with E-state index in [1.165, 1.54) is 23.1 Å². The zero-order valence-electron chi connectivity index (χ0n) is 31.2. The third-order valence-electron chi connectivity index (χ3n) is 7.76. The molecule has 1 aliphatic heterocycles. The lowest BCUT2D eigenvalue weighted by molar-refractivity contribution is -0.105. The van der Waals surface area contributed by atoms with Crippen molar-refractivity contribution in [2.45, 2.75) is 99.9 Å². The second-order valence-corrected chi connectivity index (χ2v) is 11.2. The van der Waals surface area contributed by atoms with Gasteiger partial charge in [-0.2, -0.15) is 0 Å². The van der Waals surface area contributed by atoms with Gasteiger partial charge in [0, 0.05) is 24.5 Å². The summed E-state index contributed by atoms with van der Waals surface area (Å²) in [4.78, 5) is 0. The van der Waals surface area contributed by atoms with Crippen LogP contribution in [0.2, 0.25) is 0 Å². The van der Waals surface area contributed by atoms with Crippen LogP contribution in [0.4, 0.5) is 0 Å². The number of nitrogens with two attached hydrogens (primary N) is 1. The van der Waals surface area contributed by atoms with Gasteiger partial charge in [-0.25, -0.2) is 0 Å². The van der Waals surface area contributed by atoms with Crippen LogP contribution in [0.15, 0.2) is 97.1 Å². The number of methoxy groups -OCH3 is 1. The van der Waals surface area contributed by atoms with E-state index in [9.17, 15) is 0 Å². The standard InChI is InChI=1S/C21H26O3.C16H18N2O.2C2H6.CH4O.CH4/c1-21(2,16-7-11-18(22-3)12-8-16)17-9-13-19(14-10-17)24-20-6-4-5-15-23-20;1-2-12-4-3-5-13(10-12)11-19-15-8-6-14(7-9-15)16(17)18;3*1-2;/h7-14,20H,4-6,15H2,1-3H3;3-10H,2,11H2,1H3,(H3,17,18);2*1-2H3;2H,1H3;1H4. The van der Waals surface area contributed by atoms with Crippen LogP contribution in [-0.4, -0.2) is 38.1 Å². The van der Waals surface area contributed by atoms with Crippen LogP contribution in [0.5, 0.6) is 17.2 Å². The van der Waals surface area contributed by atoms with Gasteiger partial charge in [0.05, 0.1) is 13.7 Å². The molecule has 7 heteroatoms. The first-order valence-electron chi connectivity index (χ1n) is 17.4. The van der Waals surface area contributed by atoms with Gasteiger partial charge in [0.1, 0.15) is 29.7 Å². The van der Waals surface area contributed by atoms with Gasteiger partial charge >= 0.3 is 0 Å². The molecular formula is C43H64N2O5. The molecule has 0 aliphatic carbocycles. The van der Waals surface area contributed by atoms with Crippen molar-refractivity contribution in [3.63, 3.8) is 0 Å². The first kappa shape index (κ1) is 45.7. The van der Waals surface area contributed by atoms with Crippen LogP contribution in [0.3, 0.4) is 0 Å². The maximum Gasteiger partial charge on any atom is 0.199 e. The zero-order chi connectivity index (χ0) is 36.7. The maximum atomic E-state index is 7.32. The zero-order valence-corrected chi connectivity index (χ0v) is 31.2. The second kappa shape index (κ2) is 25.6. The molecule has 1 atom stereocenters. The van der Waals surface area contributed by atoms with Crippen LogP contribution < -0.4 is 19.9 Å². The molecule has 0 saturated carbocycles. The van der Waals surface area contributed by atoms with E-state index in [-0.39, 0.29) is 25.0 Å². The Hall–Kier alpha value is -4.33. The van der Waals surface area contributed by atoms with Crippen LogP contribution in [0.25, 0.3) is 0 Å². The summed E-state index contributed by atoms with van der Waals surface area (Å²) < 4.78 is 22.5. The van der Waals surface area contributed by atoms with Crippen molar-refractivity contribution in [1.29, 1.82) is 5.41 Å². The molecule has 4 aromatic rings. The minimum absolute atomic E-state index is 0. The molecular weight excluding hydrogens is 624 g/mol. The summed E-state index contributed by atoms with van der Waals surface area (Å²) in [6.07, 6.45) is 4.21. The fraction of sp³-hybridized carbons (Fsp3) is 0.419. The number of benzene rings is 4. The van der Waals surface area contributed by atoms with E-state index in [0.29, 0.717) is 12.2 Å². The van der Waals surface area contributed by atoms with E-state index in [0.717, 1.165) is 55.8 Å². The van der Waals surface area contributed by atoms with Gasteiger partial charge in [-0.3, -0.25) is 5.41 Å². The van der Waals surface area contributed by atoms with Crippen molar-refractivity contribution in [3.8, 4) is 17.2 Å². The number of ether oxygens (including phenoxy) is 4. The third kappa shape index (κ3) is 15.1. The van der Waals surface area contributed by atoms with Crippen molar-refractivity contribution in [2.75, 3.05) is 20.8 Å². The number of hydrogen-bond acceptors (Lipinski definition) is 6. The Morgan fingerprint density at radius 1 is 0.800 bits per heavy atom. The lowest BCUT2D eigenvalue weighted by atomic mass is 9.78. The molecule has 50 heavy (non-hydrogen) atoms. The highest BCUT2D eigenvalue weighted by atomic mass is 16.7. The minimum Gasteiger partial charge on any atom is -0.497 e. The smallest absolute Gasteiger partial charge is 0.199 e. The Bertz CT molecular complexity index is 1430. The molecule has 0 spiro atoms. The van der Waals surface area contributed by atoms with Crippen molar-refractivity contribution in [1.82, 2.24) is 0 Å². The van der Waals surface area contributed by atoms with E-state index in [1.807, 2.05) is 64.1 Å². The summed E-state index contributed by atoms with van der Waals surface area (Å²) in [5.74, 6) is 2.61. The number of aryl methyl sites for hydroxylation is 1. The Balaban J connectivity index is 0.000000837. The highest BCUT2D eigenvalue weighted by Crippen LogP contribution is 2.33. The molecule has 0 aromatic heterocycles. The number of hydrogen-bond donors (Lipinski definition) is 3. The van der Waals surface area contributed by atoms with Crippen LogP contribution in [0, 0.1) is 5.41 Å². The Labute approximate surface area is 303 Å². The van der Waals surface area contributed by atoms with Crippen LogP contribution in [-0.2, 0) is 23.2 Å². The molecule has 1 unspecified atom stereocenters. The van der Waals surface area contributed by atoms with Crippen LogP contribution in [0.1, 0.15) is 103 Å². The number of nitrogen functional groups attached to an aromatic ring is 1. The molecule has 276 valence electrons. The Morgan fingerprint density at radius 2 is 1.32 bits per heavy atom. The van der Waals surface area contributed by atoms with Crippen molar-refractivity contribution < 1.29 is 24.1 Å². The molecule has 4 N–H and O–H groups in total.